The molecule has 3 rings (SSSR count). The molecule has 1 atom stereocenters. The van der Waals surface area contributed by atoms with E-state index in [-0.39, 0.29) is 23.6 Å². The molecule has 2 heterocycles. The zero-order valence-electron chi connectivity index (χ0n) is 17.1. The van der Waals surface area contributed by atoms with Gasteiger partial charge < -0.3 is 15.2 Å². The third-order valence-electron chi connectivity index (χ3n) is 4.89. The Kier molecular flexibility index (Phi) is 5.93. The zero-order valence-corrected chi connectivity index (χ0v) is 17.9. The van der Waals surface area contributed by atoms with Gasteiger partial charge in [-0.3, -0.25) is 4.79 Å². The van der Waals surface area contributed by atoms with Crippen LogP contribution in [0.3, 0.4) is 0 Å². The molecule has 0 saturated carbocycles. The first-order valence-corrected chi connectivity index (χ1v) is 9.45. The molecule has 0 spiro atoms. The second-order valence-electron chi connectivity index (χ2n) is 7.16. The first-order chi connectivity index (χ1) is 14.9. The van der Waals surface area contributed by atoms with Crippen LogP contribution in [0, 0.1) is 18.3 Å². The topological polar surface area (TPSA) is 116 Å². The molecule has 0 aliphatic heterocycles. The van der Waals surface area contributed by atoms with E-state index in [2.05, 4.69) is 14.8 Å². The van der Waals surface area contributed by atoms with Crippen molar-refractivity contribution in [2.75, 3.05) is 7.11 Å². The molecule has 1 unspecified atom stereocenters. The Labute approximate surface area is 185 Å². The summed E-state index contributed by atoms with van der Waals surface area (Å²) >= 11 is 6.11. The van der Waals surface area contributed by atoms with Crippen LogP contribution < -0.4 is 15.2 Å². The Hall–Kier alpha value is -3.52. The Morgan fingerprint density at radius 2 is 2.03 bits per heavy atom. The van der Waals surface area contributed by atoms with Crippen LogP contribution in [0.2, 0.25) is 5.02 Å². The molecule has 2 aromatic heterocycles. The van der Waals surface area contributed by atoms with Crippen molar-refractivity contribution >= 4 is 28.5 Å². The van der Waals surface area contributed by atoms with Crippen LogP contribution in [0.4, 0.5) is 13.2 Å². The van der Waals surface area contributed by atoms with Gasteiger partial charge in [0.15, 0.2) is 5.52 Å². The van der Waals surface area contributed by atoms with Gasteiger partial charge in [-0.25, -0.2) is 9.67 Å². The summed E-state index contributed by atoms with van der Waals surface area (Å²) in [6.07, 6.45) is -3.53. The fraction of sp³-hybridized carbons (Fsp3) is 0.300. The van der Waals surface area contributed by atoms with Gasteiger partial charge in [0.2, 0.25) is 11.8 Å². The molecule has 1 aromatic carbocycles. The van der Waals surface area contributed by atoms with Crippen molar-refractivity contribution < 1.29 is 27.4 Å². The van der Waals surface area contributed by atoms with Crippen molar-refractivity contribution in [1.29, 1.82) is 5.26 Å². The molecule has 32 heavy (non-hydrogen) atoms. The molecule has 2 N–H and O–H groups in total. The lowest BCUT2D eigenvalue weighted by molar-refractivity contribution is -0.274. The van der Waals surface area contributed by atoms with E-state index in [0.29, 0.717) is 21.6 Å². The van der Waals surface area contributed by atoms with Gasteiger partial charge in [0.25, 0.3) is 0 Å². The maximum absolute atomic E-state index is 12.7. The lowest BCUT2D eigenvalue weighted by Gasteiger charge is -2.25. The lowest BCUT2D eigenvalue weighted by atomic mass is 9.80. The molecule has 0 bridgehead atoms. The summed E-state index contributed by atoms with van der Waals surface area (Å²) in [5, 5.41) is 14.8. The quantitative estimate of drug-likeness (QED) is 0.588. The van der Waals surface area contributed by atoms with Gasteiger partial charge in [-0.1, -0.05) is 11.6 Å². The van der Waals surface area contributed by atoms with Gasteiger partial charge in [-0.05, 0) is 43.2 Å². The highest BCUT2D eigenvalue weighted by atomic mass is 35.5. The Bertz CT molecular complexity index is 1250. The van der Waals surface area contributed by atoms with Crippen molar-refractivity contribution in [3.63, 3.8) is 0 Å². The molecule has 0 fully saturated rings. The van der Waals surface area contributed by atoms with Crippen LogP contribution in [-0.2, 0) is 12.0 Å². The number of rotatable bonds is 6. The Balaban J connectivity index is 2.17. The standard InChI is InChI=1S/C20H17ClF3N5O3/c1-10-14(21)7-27-16-15(10)28-29(18(16)31-3)9-19(2,8-25)13-6-11(32-20(22,23)24)4-5-12(13)17(26)30/h4-7H,9H2,1-3H3,(H2,26,30). The van der Waals surface area contributed by atoms with E-state index in [0.717, 1.165) is 18.2 Å². The maximum Gasteiger partial charge on any atom is 0.573 e. The molecule has 3 aromatic rings. The predicted molar refractivity (Wildman–Crippen MR) is 108 cm³/mol. The molecule has 1 amide bonds. The highest BCUT2D eigenvalue weighted by molar-refractivity contribution is 6.32. The minimum absolute atomic E-state index is 0.0569. The molecule has 8 nitrogen and oxygen atoms in total. The molecular formula is C20H17ClF3N5O3. The van der Waals surface area contributed by atoms with Gasteiger partial charge in [0, 0.05) is 11.8 Å². The first-order valence-electron chi connectivity index (χ1n) is 9.07. The van der Waals surface area contributed by atoms with Crippen LogP contribution >= 0.6 is 11.6 Å². The van der Waals surface area contributed by atoms with Crippen molar-refractivity contribution in [2.45, 2.75) is 32.2 Å². The number of ether oxygens (including phenoxy) is 2. The number of hydrogen-bond acceptors (Lipinski definition) is 6. The second kappa shape index (κ2) is 8.20. The van der Waals surface area contributed by atoms with Gasteiger partial charge in [0.1, 0.15) is 11.3 Å². The van der Waals surface area contributed by atoms with E-state index in [1.165, 1.54) is 24.9 Å². The number of carbonyl (C=O) groups excluding carboxylic acids is 1. The molecule has 0 saturated heterocycles. The number of fused-ring (bicyclic) bond motifs is 1. The van der Waals surface area contributed by atoms with Crippen molar-refractivity contribution in [1.82, 2.24) is 14.8 Å². The number of benzene rings is 1. The summed E-state index contributed by atoms with van der Waals surface area (Å²) in [6.45, 7) is 2.97. The normalized spacial score (nSPS) is 13.4. The Morgan fingerprint density at radius 1 is 1.34 bits per heavy atom. The molecular weight excluding hydrogens is 451 g/mol. The van der Waals surface area contributed by atoms with Crippen LogP contribution in [0.5, 0.6) is 11.6 Å². The van der Waals surface area contributed by atoms with E-state index in [4.69, 9.17) is 22.1 Å². The largest absolute Gasteiger partial charge is 0.573 e. The van der Waals surface area contributed by atoms with Crippen LogP contribution in [0.1, 0.15) is 28.4 Å². The average Bonchev–Trinajstić information content (AvgIpc) is 3.06. The van der Waals surface area contributed by atoms with Crippen LogP contribution in [0.25, 0.3) is 11.0 Å². The SMILES string of the molecule is COc1c2ncc(Cl)c(C)c2nn1CC(C)(C#N)c1cc(OC(F)(F)F)ccc1C(N)=O. The van der Waals surface area contributed by atoms with E-state index in [1.54, 1.807) is 6.92 Å². The fourth-order valence-corrected chi connectivity index (χ4v) is 3.46. The summed E-state index contributed by atoms with van der Waals surface area (Å²) in [7, 11) is 1.38. The number of primary amides is 1. The Morgan fingerprint density at radius 3 is 2.59 bits per heavy atom. The number of nitriles is 1. The molecule has 0 radical (unpaired) electrons. The summed E-state index contributed by atoms with van der Waals surface area (Å²) in [6, 6.07) is 5.04. The van der Waals surface area contributed by atoms with Crippen molar-refractivity contribution in [3.05, 3.63) is 46.1 Å². The van der Waals surface area contributed by atoms with Crippen molar-refractivity contribution in [2.24, 2.45) is 5.73 Å². The third-order valence-corrected chi connectivity index (χ3v) is 5.27. The second-order valence-corrected chi connectivity index (χ2v) is 7.57. The summed E-state index contributed by atoms with van der Waals surface area (Å²) < 4.78 is 48.9. The van der Waals surface area contributed by atoms with E-state index in [9.17, 15) is 23.2 Å². The summed E-state index contributed by atoms with van der Waals surface area (Å²) in [5.74, 6) is -1.30. The van der Waals surface area contributed by atoms with Crippen LogP contribution in [-0.4, -0.2) is 34.1 Å². The number of hydrogen-bond donors (Lipinski definition) is 1. The number of aryl methyl sites for hydroxylation is 1. The monoisotopic (exact) mass is 467 g/mol. The summed E-state index contributed by atoms with van der Waals surface area (Å²) in [5.41, 5.74) is 5.12. The van der Waals surface area contributed by atoms with Gasteiger partial charge in [0.05, 0.1) is 30.2 Å². The molecule has 168 valence electrons. The number of nitrogens with two attached hydrogens (primary N) is 1. The number of nitrogens with zero attached hydrogens (tertiary/aromatic N) is 4. The van der Waals surface area contributed by atoms with Gasteiger partial charge in [-0.2, -0.15) is 10.4 Å². The average molecular weight is 468 g/mol. The highest BCUT2D eigenvalue weighted by Crippen LogP contribution is 2.36. The summed E-state index contributed by atoms with van der Waals surface area (Å²) in [4.78, 5) is 16.2. The number of aromatic nitrogens is 3. The maximum atomic E-state index is 12.7. The fourth-order valence-electron chi connectivity index (χ4n) is 3.32. The smallest absolute Gasteiger partial charge is 0.480 e. The number of halogens is 4. The van der Waals surface area contributed by atoms with E-state index in [1.807, 2.05) is 6.07 Å². The van der Waals surface area contributed by atoms with E-state index >= 15 is 0 Å². The number of amides is 1. The minimum Gasteiger partial charge on any atom is -0.480 e. The zero-order chi connectivity index (χ0) is 23.8. The lowest BCUT2D eigenvalue weighted by Crippen LogP contribution is -2.31. The predicted octanol–water partition coefficient (Wildman–Crippen LogP) is 3.88. The number of alkyl halides is 3. The minimum atomic E-state index is -4.96. The number of pyridine rings is 1. The van der Waals surface area contributed by atoms with Gasteiger partial charge >= 0.3 is 6.36 Å². The molecule has 0 aliphatic carbocycles. The number of carbonyl (C=O) groups is 1. The van der Waals surface area contributed by atoms with Gasteiger partial charge in [-0.15, -0.1) is 13.2 Å². The van der Waals surface area contributed by atoms with Crippen molar-refractivity contribution in [3.8, 4) is 17.7 Å². The van der Waals surface area contributed by atoms with Crippen LogP contribution in [0.15, 0.2) is 24.4 Å². The third kappa shape index (κ3) is 4.27. The van der Waals surface area contributed by atoms with E-state index < -0.39 is 23.4 Å². The molecule has 12 heteroatoms. The highest BCUT2D eigenvalue weighted by Gasteiger charge is 2.36. The first kappa shape index (κ1) is 23.1. The molecule has 0 aliphatic rings. The number of methoxy groups -OCH3 is 1.